The first-order valence-corrected chi connectivity index (χ1v) is 7.62. The standard InChI is InChI=1S/C17H18ClNO4/c1-4-23-16(20)13-9-19-10(2)14(17(21)22-3)15(13)11-6-5-7-12(18)8-11/h5-9,13,15H,4H2,1-3H3. The van der Waals surface area contributed by atoms with Crippen LogP contribution in [0.1, 0.15) is 25.3 Å². The SMILES string of the molecule is CCOC(=O)C1C=NC(C)=C(C(=O)OC)C1c1cccc(Cl)c1. The van der Waals surface area contributed by atoms with Gasteiger partial charge in [-0.2, -0.15) is 0 Å². The first-order chi connectivity index (χ1) is 11.0. The fraction of sp³-hybridized carbons (Fsp3) is 0.353. The van der Waals surface area contributed by atoms with Gasteiger partial charge in [0, 0.05) is 22.9 Å². The fourth-order valence-electron chi connectivity index (χ4n) is 2.65. The van der Waals surface area contributed by atoms with Crippen molar-refractivity contribution in [1.82, 2.24) is 0 Å². The lowest BCUT2D eigenvalue weighted by Gasteiger charge is -2.28. The molecule has 0 amide bonds. The largest absolute Gasteiger partial charge is 0.466 e. The summed E-state index contributed by atoms with van der Waals surface area (Å²) in [6.45, 7) is 3.69. The molecular weight excluding hydrogens is 318 g/mol. The maximum Gasteiger partial charge on any atom is 0.336 e. The van der Waals surface area contributed by atoms with Crippen LogP contribution in [0, 0.1) is 5.92 Å². The van der Waals surface area contributed by atoms with Crippen LogP contribution in [0.15, 0.2) is 40.5 Å². The number of halogens is 1. The number of nitrogens with zero attached hydrogens (tertiary/aromatic N) is 1. The molecule has 2 rings (SSSR count). The maximum atomic E-state index is 12.3. The van der Waals surface area contributed by atoms with Crippen LogP contribution in [0.4, 0.5) is 0 Å². The number of carbonyl (C=O) groups is 2. The highest BCUT2D eigenvalue weighted by molar-refractivity contribution is 6.30. The van der Waals surface area contributed by atoms with Crippen LogP contribution >= 0.6 is 11.6 Å². The second-order valence-corrected chi connectivity index (χ2v) is 5.52. The van der Waals surface area contributed by atoms with E-state index in [1.54, 1.807) is 32.0 Å². The number of allylic oxidation sites excluding steroid dienone is 1. The van der Waals surface area contributed by atoms with Gasteiger partial charge >= 0.3 is 11.9 Å². The van der Waals surface area contributed by atoms with Gasteiger partial charge in [0.1, 0.15) is 5.92 Å². The lowest BCUT2D eigenvalue weighted by Crippen LogP contribution is -2.32. The van der Waals surface area contributed by atoms with Crippen molar-refractivity contribution < 1.29 is 19.1 Å². The van der Waals surface area contributed by atoms with Crippen LogP contribution in [0.5, 0.6) is 0 Å². The van der Waals surface area contributed by atoms with Crippen molar-refractivity contribution in [3.05, 3.63) is 46.1 Å². The summed E-state index contributed by atoms with van der Waals surface area (Å²) in [5.74, 6) is -2.20. The first-order valence-electron chi connectivity index (χ1n) is 7.25. The first kappa shape index (κ1) is 17.2. The average molecular weight is 336 g/mol. The van der Waals surface area contributed by atoms with Gasteiger partial charge in [0.2, 0.25) is 0 Å². The van der Waals surface area contributed by atoms with E-state index in [0.29, 0.717) is 16.3 Å². The minimum atomic E-state index is -0.703. The highest BCUT2D eigenvalue weighted by Crippen LogP contribution is 2.38. The van der Waals surface area contributed by atoms with Crippen LogP contribution in [0.2, 0.25) is 5.02 Å². The van der Waals surface area contributed by atoms with Crippen LogP contribution in [-0.2, 0) is 19.1 Å². The number of esters is 2. The number of hydrogen-bond donors (Lipinski definition) is 0. The second-order valence-electron chi connectivity index (χ2n) is 5.08. The number of methoxy groups -OCH3 is 1. The highest BCUT2D eigenvalue weighted by atomic mass is 35.5. The van der Waals surface area contributed by atoms with Crippen LogP contribution in [-0.4, -0.2) is 31.9 Å². The predicted octanol–water partition coefficient (Wildman–Crippen LogP) is 3.13. The Morgan fingerprint density at radius 3 is 2.70 bits per heavy atom. The molecule has 0 spiro atoms. The van der Waals surface area contributed by atoms with E-state index in [-0.39, 0.29) is 6.61 Å². The van der Waals surface area contributed by atoms with Crippen molar-refractivity contribution in [2.45, 2.75) is 19.8 Å². The van der Waals surface area contributed by atoms with Crippen LogP contribution < -0.4 is 0 Å². The van der Waals surface area contributed by atoms with Crippen LogP contribution in [0.3, 0.4) is 0 Å². The number of hydrogen-bond acceptors (Lipinski definition) is 5. The molecule has 0 radical (unpaired) electrons. The van der Waals surface area contributed by atoms with Gasteiger partial charge in [-0.15, -0.1) is 0 Å². The van der Waals surface area contributed by atoms with Crippen molar-refractivity contribution in [1.29, 1.82) is 0 Å². The number of aliphatic imine (C=N–C) groups is 1. The zero-order valence-corrected chi connectivity index (χ0v) is 14.0. The van der Waals surface area contributed by atoms with Gasteiger partial charge in [-0.05, 0) is 31.5 Å². The van der Waals surface area contributed by atoms with E-state index in [2.05, 4.69) is 4.99 Å². The summed E-state index contributed by atoms with van der Waals surface area (Å²) in [5, 5.41) is 0.523. The molecule has 23 heavy (non-hydrogen) atoms. The molecule has 1 aromatic rings. The van der Waals surface area contributed by atoms with Gasteiger partial charge < -0.3 is 9.47 Å². The van der Waals surface area contributed by atoms with E-state index >= 15 is 0 Å². The van der Waals surface area contributed by atoms with E-state index in [1.165, 1.54) is 13.3 Å². The number of benzene rings is 1. The normalized spacial score (nSPS) is 20.3. The van der Waals surface area contributed by atoms with Crippen molar-refractivity contribution in [3.8, 4) is 0 Å². The Balaban J connectivity index is 2.56. The molecule has 1 aromatic carbocycles. The molecule has 122 valence electrons. The Hall–Kier alpha value is -2.14. The number of rotatable bonds is 4. The molecule has 0 saturated carbocycles. The lowest BCUT2D eigenvalue weighted by atomic mass is 9.78. The van der Waals surface area contributed by atoms with E-state index in [0.717, 1.165) is 5.56 Å². The lowest BCUT2D eigenvalue weighted by molar-refractivity contribution is -0.146. The van der Waals surface area contributed by atoms with Crippen molar-refractivity contribution in [2.24, 2.45) is 10.9 Å². The quantitative estimate of drug-likeness (QED) is 0.793. The highest BCUT2D eigenvalue weighted by Gasteiger charge is 2.39. The molecule has 0 bridgehead atoms. The molecule has 1 heterocycles. The summed E-state index contributed by atoms with van der Waals surface area (Å²) in [7, 11) is 1.30. The molecule has 2 atom stereocenters. The van der Waals surface area contributed by atoms with Gasteiger partial charge in [-0.3, -0.25) is 9.79 Å². The summed E-state index contributed by atoms with van der Waals surface area (Å²) in [6.07, 6.45) is 1.52. The van der Waals surface area contributed by atoms with E-state index in [9.17, 15) is 9.59 Å². The topological polar surface area (TPSA) is 65.0 Å². The average Bonchev–Trinajstić information content (AvgIpc) is 2.54. The second kappa shape index (κ2) is 7.42. The maximum absolute atomic E-state index is 12.3. The van der Waals surface area contributed by atoms with Gasteiger partial charge in [0.15, 0.2) is 0 Å². The van der Waals surface area contributed by atoms with Crippen molar-refractivity contribution >= 4 is 29.8 Å². The third-order valence-corrected chi connectivity index (χ3v) is 3.90. The van der Waals surface area contributed by atoms with Gasteiger partial charge in [0.05, 0.1) is 19.3 Å². The summed E-state index contributed by atoms with van der Waals surface area (Å²) in [6, 6.07) is 7.05. The Morgan fingerprint density at radius 1 is 1.35 bits per heavy atom. The van der Waals surface area contributed by atoms with Crippen LogP contribution in [0.25, 0.3) is 0 Å². The van der Waals surface area contributed by atoms with Gasteiger partial charge in [0.25, 0.3) is 0 Å². The summed E-state index contributed by atoms with van der Waals surface area (Å²) in [4.78, 5) is 28.7. The number of carbonyl (C=O) groups excluding carboxylic acids is 2. The molecule has 5 nitrogen and oxygen atoms in total. The predicted molar refractivity (Wildman–Crippen MR) is 87.5 cm³/mol. The van der Waals surface area contributed by atoms with E-state index in [1.807, 2.05) is 6.07 Å². The molecule has 6 heteroatoms. The third kappa shape index (κ3) is 3.62. The van der Waals surface area contributed by atoms with Crippen molar-refractivity contribution in [2.75, 3.05) is 13.7 Å². The Bertz CT molecular complexity index is 681. The molecule has 0 aliphatic carbocycles. The van der Waals surface area contributed by atoms with Crippen molar-refractivity contribution in [3.63, 3.8) is 0 Å². The molecule has 0 aromatic heterocycles. The summed E-state index contributed by atoms with van der Waals surface area (Å²) >= 11 is 6.07. The number of ether oxygens (including phenoxy) is 2. The van der Waals surface area contributed by atoms with Gasteiger partial charge in [-0.1, -0.05) is 23.7 Å². The van der Waals surface area contributed by atoms with E-state index < -0.39 is 23.8 Å². The smallest absolute Gasteiger partial charge is 0.336 e. The zero-order valence-electron chi connectivity index (χ0n) is 13.2. The molecule has 0 fully saturated rings. The summed E-state index contributed by atoms with van der Waals surface area (Å²) < 4.78 is 10.00. The molecular formula is C17H18ClNO4. The monoisotopic (exact) mass is 335 g/mol. The zero-order chi connectivity index (χ0) is 17.0. The van der Waals surface area contributed by atoms with Gasteiger partial charge in [-0.25, -0.2) is 4.79 Å². The summed E-state index contributed by atoms with van der Waals surface area (Å²) in [5.41, 5.74) is 1.60. The molecule has 1 aliphatic rings. The third-order valence-electron chi connectivity index (χ3n) is 3.66. The fourth-order valence-corrected chi connectivity index (χ4v) is 2.85. The Labute approximate surface area is 139 Å². The Morgan fingerprint density at radius 2 is 2.09 bits per heavy atom. The minimum absolute atomic E-state index is 0.252. The molecule has 2 unspecified atom stereocenters. The molecule has 0 N–H and O–H groups in total. The molecule has 1 aliphatic heterocycles. The van der Waals surface area contributed by atoms with E-state index in [4.69, 9.17) is 21.1 Å². The Kier molecular flexibility index (Phi) is 5.55. The molecule has 0 saturated heterocycles. The minimum Gasteiger partial charge on any atom is -0.466 e.